The van der Waals surface area contributed by atoms with Crippen molar-refractivity contribution in [3.8, 4) is 23.1 Å². The van der Waals surface area contributed by atoms with Gasteiger partial charge in [0.2, 0.25) is 0 Å². The van der Waals surface area contributed by atoms with Crippen molar-refractivity contribution >= 4 is 5.91 Å². The summed E-state index contributed by atoms with van der Waals surface area (Å²) in [5, 5.41) is 13.6. The van der Waals surface area contributed by atoms with Gasteiger partial charge < -0.3 is 4.90 Å². The highest BCUT2D eigenvalue weighted by atomic mass is 16.2. The first kappa shape index (κ1) is 17.0. The van der Waals surface area contributed by atoms with Crippen molar-refractivity contribution < 1.29 is 4.79 Å². The zero-order chi connectivity index (χ0) is 18.6. The third-order valence-electron chi connectivity index (χ3n) is 4.75. The fourth-order valence-corrected chi connectivity index (χ4v) is 3.32. The van der Waals surface area contributed by atoms with E-state index in [1.54, 1.807) is 23.0 Å². The molecule has 2 aromatic heterocycles. The Hall–Kier alpha value is -3.46. The number of benzene rings is 1. The molecule has 0 unspecified atom stereocenters. The van der Waals surface area contributed by atoms with E-state index in [2.05, 4.69) is 16.2 Å². The van der Waals surface area contributed by atoms with Crippen molar-refractivity contribution in [2.75, 3.05) is 13.1 Å². The third-order valence-corrected chi connectivity index (χ3v) is 4.75. The van der Waals surface area contributed by atoms with Crippen LogP contribution in [0.3, 0.4) is 0 Å². The van der Waals surface area contributed by atoms with E-state index in [4.69, 9.17) is 5.26 Å². The summed E-state index contributed by atoms with van der Waals surface area (Å²) in [6.07, 6.45) is 4.94. The first-order chi connectivity index (χ1) is 13.3. The summed E-state index contributed by atoms with van der Waals surface area (Å²) < 4.78 is 1.69. The Labute approximate surface area is 157 Å². The number of pyridine rings is 1. The molecule has 0 spiro atoms. The summed E-state index contributed by atoms with van der Waals surface area (Å²) in [4.78, 5) is 19.2. The van der Waals surface area contributed by atoms with Crippen LogP contribution in [0.2, 0.25) is 0 Å². The van der Waals surface area contributed by atoms with Crippen LogP contribution in [0.25, 0.3) is 17.1 Å². The lowest BCUT2D eigenvalue weighted by Gasteiger charge is -2.25. The summed E-state index contributed by atoms with van der Waals surface area (Å²) in [6.45, 7) is 1.56. The van der Waals surface area contributed by atoms with Crippen LogP contribution >= 0.6 is 0 Å². The van der Waals surface area contributed by atoms with Crippen LogP contribution in [0.15, 0.2) is 54.7 Å². The Kier molecular flexibility index (Phi) is 4.67. The molecule has 0 radical (unpaired) electrons. The highest BCUT2D eigenvalue weighted by Gasteiger charge is 2.23. The molecule has 0 bridgehead atoms. The zero-order valence-electron chi connectivity index (χ0n) is 14.9. The van der Waals surface area contributed by atoms with Gasteiger partial charge in [-0.15, -0.1) is 0 Å². The summed E-state index contributed by atoms with van der Waals surface area (Å²) >= 11 is 0. The molecular weight excluding hydrogens is 338 g/mol. The monoisotopic (exact) mass is 357 g/mol. The van der Waals surface area contributed by atoms with Crippen molar-refractivity contribution in [1.29, 1.82) is 5.26 Å². The normalized spacial score (nSPS) is 14.0. The third kappa shape index (κ3) is 3.44. The number of nitrogens with zero attached hydrogens (tertiary/aromatic N) is 5. The molecule has 6 heteroatoms. The van der Waals surface area contributed by atoms with Crippen LogP contribution in [0.4, 0.5) is 0 Å². The van der Waals surface area contributed by atoms with Gasteiger partial charge in [-0.1, -0.05) is 18.2 Å². The van der Waals surface area contributed by atoms with E-state index < -0.39 is 0 Å². The number of carbonyl (C=O) groups excluding carboxylic acids is 1. The molecule has 27 heavy (non-hydrogen) atoms. The Balaban J connectivity index is 1.77. The van der Waals surface area contributed by atoms with Crippen LogP contribution in [-0.4, -0.2) is 38.7 Å². The highest BCUT2D eigenvalue weighted by molar-refractivity contribution is 5.93. The van der Waals surface area contributed by atoms with Gasteiger partial charge in [0.05, 0.1) is 17.3 Å². The lowest BCUT2D eigenvalue weighted by Crippen LogP contribution is -2.35. The lowest BCUT2D eigenvalue weighted by atomic mass is 10.1. The second-order valence-corrected chi connectivity index (χ2v) is 6.56. The van der Waals surface area contributed by atoms with E-state index in [0.29, 0.717) is 17.1 Å². The van der Waals surface area contributed by atoms with Gasteiger partial charge in [-0.2, -0.15) is 10.4 Å². The highest BCUT2D eigenvalue weighted by Crippen LogP contribution is 2.25. The number of rotatable bonds is 3. The topological polar surface area (TPSA) is 74.8 Å². The maximum absolute atomic E-state index is 12.9. The lowest BCUT2D eigenvalue weighted by molar-refractivity contribution is 0.0718. The van der Waals surface area contributed by atoms with Gasteiger partial charge in [-0.05, 0) is 49.6 Å². The predicted molar refractivity (Wildman–Crippen MR) is 101 cm³/mol. The minimum absolute atomic E-state index is 0.0423. The smallest absolute Gasteiger partial charge is 0.274 e. The Morgan fingerprint density at radius 1 is 1.04 bits per heavy atom. The number of carbonyl (C=O) groups is 1. The molecule has 1 aliphatic heterocycles. The molecule has 1 fully saturated rings. The molecule has 3 heterocycles. The second kappa shape index (κ2) is 7.42. The molecule has 1 amide bonds. The average Bonchev–Trinajstić information content (AvgIpc) is 3.20. The van der Waals surface area contributed by atoms with Gasteiger partial charge >= 0.3 is 0 Å². The molecule has 0 N–H and O–H groups in total. The molecule has 0 saturated carbocycles. The van der Waals surface area contributed by atoms with Crippen molar-refractivity contribution in [2.45, 2.75) is 19.3 Å². The van der Waals surface area contributed by atoms with Gasteiger partial charge in [0.15, 0.2) is 11.5 Å². The summed E-state index contributed by atoms with van der Waals surface area (Å²) in [5.74, 6) is 0.605. The maximum atomic E-state index is 12.9. The predicted octanol–water partition coefficient (Wildman–Crippen LogP) is 3.43. The summed E-state index contributed by atoms with van der Waals surface area (Å²) in [6, 6.07) is 16.8. The van der Waals surface area contributed by atoms with E-state index in [0.717, 1.165) is 37.2 Å². The minimum Gasteiger partial charge on any atom is -0.337 e. The molecule has 134 valence electrons. The number of aromatic nitrogens is 3. The molecule has 1 aromatic carbocycles. The standard InChI is InChI=1S/C21H19N5O/c22-15-16-7-9-17(10-8-16)19-14-18(21(27)25-12-4-1-5-13-25)24-26(19)20-6-2-3-11-23-20/h2-3,6-11,14H,1,4-5,12-13H2. The number of likely N-dealkylation sites (tertiary alicyclic amines) is 1. The van der Waals surface area contributed by atoms with Gasteiger partial charge in [0.1, 0.15) is 0 Å². The second-order valence-electron chi connectivity index (χ2n) is 6.56. The maximum Gasteiger partial charge on any atom is 0.274 e. The molecule has 1 aliphatic rings. The first-order valence-electron chi connectivity index (χ1n) is 9.07. The average molecular weight is 357 g/mol. The Morgan fingerprint density at radius 2 is 1.81 bits per heavy atom. The van der Waals surface area contributed by atoms with Crippen LogP contribution in [-0.2, 0) is 0 Å². The zero-order valence-corrected chi connectivity index (χ0v) is 14.9. The fourth-order valence-electron chi connectivity index (χ4n) is 3.32. The fraction of sp³-hybridized carbons (Fsp3) is 0.238. The number of piperidine rings is 1. The van der Waals surface area contributed by atoms with E-state index in [1.807, 2.05) is 41.3 Å². The minimum atomic E-state index is -0.0423. The molecule has 0 aliphatic carbocycles. The van der Waals surface area contributed by atoms with Crippen molar-refractivity contribution in [2.24, 2.45) is 0 Å². The van der Waals surface area contributed by atoms with E-state index in [9.17, 15) is 4.79 Å². The quantitative estimate of drug-likeness (QED) is 0.720. The Morgan fingerprint density at radius 3 is 2.48 bits per heavy atom. The van der Waals surface area contributed by atoms with Crippen LogP contribution < -0.4 is 0 Å². The molecule has 4 rings (SSSR count). The van der Waals surface area contributed by atoms with Crippen molar-refractivity contribution in [3.63, 3.8) is 0 Å². The van der Waals surface area contributed by atoms with Gasteiger partial charge in [-0.25, -0.2) is 9.67 Å². The summed E-state index contributed by atoms with van der Waals surface area (Å²) in [5.41, 5.74) is 2.66. The van der Waals surface area contributed by atoms with Crippen molar-refractivity contribution in [1.82, 2.24) is 19.7 Å². The number of hydrogen-bond donors (Lipinski definition) is 0. The molecular formula is C21H19N5O. The SMILES string of the molecule is N#Cc1ccc(-c2cc(C(=O)N3CCCCC3)nn2-c2ccccn2)cc1. The molecule has 1 saturated heterocycles. The Bertz CT molecular complexity index is 980. The largest absolute Gasteiger partial charge is 0.337 e. The van der Waals surface area contributed by atoms with Crippen LogP contribution in [0.1, 0.15) is 35.3 Å². The van der Waals surface area contributed by atoms with Crippen LogP contribution in [0, 0.1) is 11.3 Å². The molecule has 6 nitrogen and oxygen atoms in total. The van der Waals surface area contributed by atoms with E-state index in [-0.39, 0.29) is 5.91 Å². The van der Waals surface area contributed by atoms with E-state index >= 15 is 0 Å². The first-order valence-corrected chi connectivity index (χ1v) is 9.07. The number of nitriles is 1. The van der Waals surface area contributed by atoms with E-state index in [1.165, 1.54) is 6.42 Å². The number of amides is 1. The molecule has 0 atom stereocenters. The van der Waals surface area contributed by atoms with Gasteiger partial charge in [0, 0.05) is 24.8 Å². The number of hydrogen-bond acceptors (Lipinski definition) is 4. The molecule has 3 aromatic rings. The van der Waals surface area contributed by atoms with Gasteiger partial charge in [-0.3, -0.25) is 4.79 Å². The summed E-state index contributed by atoms with van der Waals surface area (Å²) in [7, 11) is 0. The van der Waals surface area contributed by atoms with Gasteiger partial charge in [0.25, 0.3) is 5.91 Å². The van der Waals surface area contributed by atoms with Crippen LogP contribution in [0.5, 0.6) is 0 Å². The van der Waals surface area contributed by atoms with Crippen molar-refractivity contribution in [3.05, 3.63) is 66.0 Å².